The number of thiazole rings is 1. The molecule has 0 radical (unpaired) electrons. The van der Waals surface area contributed by atoms with Crippen LogP contribution in [0.3, 0.4) is 0 Å². The van der Waals surface area contributed by atoms with Crippen LogP contribution in [0.25, 0.3) is 21.8 Å². The largest absolute Gasteiger partial charge is 0.360 e. The van der Waals surface area contributed by atoms with Gasteiger partial charge in [0.1, 0.15) is 10.8 Å². The van der Waals surface area contributed by atoms with E-state index in [1.165, 1.54) is 36.2 Å². The van der Waals surface area contributed by atoms with Gasteiger partial charge in [0.05, 0.1) is 11.3 Å². The molecule has 7 nitrogen and oxygen atoms in total. The average Bonchev–Trinajstić information content (AvgIpc) is 3.52. The summed E-state index contributed by atoms with van der Waals surface area (Å²) in [5.74, 6) is -0.509. The predicted molar refractivity (Wildman–Crippen MR) is 137 cm³/mol. The Morgan fingerprint density at radius 2 is 1.69 bits per heavy atom. The summed E-state index contributed by atoms with van der Waals surface area (Å²) in [6, 6.07) is 17.2. The van der Waals surface area contributed by atoms with Gasteiger partial charge in [-0.15, -0.1) is 11.3 Å². The molecule has 2 aromatic carbocycles. The number of benzene rings is 2. The van der Waals surface area contributed by atoms with Crippen molar-refractivity contribution in [2.24, 2.45) is 0 Å². The molecule has 35 heavy (non-hydrogen) atoms. The van der Waals surface area contributed by atoms with Crippen LogP contribution >= 0.6 is 11.3 Å². The fourth-order valence-electron chi connectivity index (χ4n) is 3.75. The minimum Gasteiger partial charge on any atom is -0.360 e. The second-order valence-electron chi connectivity index (χ2n) is 8.28. The number of hydrazine groups is 1. The van der Waals surface area contributed by atoms with Crippen molar-refractivity contribution in [3.63, 3.8) is 0 Å². The summed E-state index contributed by atoms with van der Waals surface area (Å²) in [6.07, 6.45) is 5.79. The van der Waals surface area contributed by atoms with Crippen LogP contribution in [0.4, 0.5) is 0 Å². The average molecular weight is 489 g/mol. The van der Waals surface area contributed by atoms with Crippen LogP contribution in [0, 0.1) is 6.92 Å². The molecule has 0 saturated heterocycles. The third-order valence-electron chi connectivity index (χ3n) is 5.68. The van der Waals surface area contributed by atoms with E-state index >= 15 is 0 Å². The predicted octanol–water partition coefficient (Wildman–Crippen LogP) is 5.97. The topological polar surface area (TPSA) is 97.1 Å². The lowest BCUT2D eigenvalue weighted by molar-refractivity contribution is 0.0842. The maximum Gasteiger partial charge on any atom is 0.292 e. The number of unbranched alkanes of at least 4 members (excludes halogenated alkanes) is 3. The van der Waals surface area contributed by atoms with Crippen LogP contribution in [-0.2, 0) is 6.42 Å². The molecule has 0 unspecified atom stereocenters. The van der Waals surface area contributed by atoms with Gasteiger partial charge < -0.3 is 4.52 Å². The number of nitrogens with zero attached hydrogens (tertiary/aromatic N) is 2. The standard InChI is InChI=1S/C27H28N4O3S/c1-3-4-5-7-10-19-13-15-20(16-14-19)25(32)29-30-26(33)24-23(18(2)34-31-24)22-17-35-27(28-22)21-11-8-6-9-12-21/h6,8-9,11-17H,3-5,7,10H2,1-2H3,(H,29,32)(H,30,33). The molecule has 0 aliphatic carbocycles. The Morgan fingerprint density at radius 3 is 2.43 bits per heavy atom. The van der Waals surface area contributed by atoms with Gasteiger partial charge in [-0.2, -0.15) is 0 Å². The number of aryl methyl sites for hydroxylation is 2. The molecule has 2 heterocycles. The van der Waals surface area contributed by atoms with Gasteiger partial charge in [0, 0.05) is 16.5 Å². The summed E-state index contributed by atoms with van der Waals surface area (Å²) in [5.41, 5.74) is 8.71. The van der Waals surface area contributed by atoms with Crippen molar-refractivity contribution in [3.8, 4) is 21.8 Å². The molecule has 0 saturated carbocycles. The zero-order chi connectivity index (χ0) is 24.6. The second-order valence-corrected chi connectivity index (χ2v) is 9.14. The van der Waals surface area contributed by atoms with E-state index in [1.807, 2.05) is 47.8 Å². The van der Waals surface area contributed by atoms with Crippen molar-refractivity contribution >= 4 is 23.2 Å². The van der Waals surface area contributed by atoms with E-state index < -0.39 is 11.8 Å². The highest BCUT2D eigenvalue weighted by Gasteiger charge is 2.24. The Morgan fingerprint density at radius 1 is 0.943 bits per heavy atom. The third kappa shape index (κ3) is 6.02. The molecule has 2 aromatic heterocycles. The van der Waals surface area contributed by atoms with Gasteiger partial charge >= 0.3 is 0 Å². The number of amides is 2. The van der Waals surface area contributed by atoms with Crippen molar-refractivity contribution in [2.45, 2.75) is 46.0 Å². The van der Waals surface area contributed by atoms with Crippen LogP contribution in [0.15, 0.2) is 64.5 Å². The Bertz CT molecular complexity index is 1280. The lowest BCUT2D eigenvalue weighted by Crippen LogP contribution is -2.42. The van der Waals surface area contributed by atoms with E-state index in [9.17, 15) is 9.59 Å². The van der Waals surface area contributed by atoms with Crippen molar-refractivity contribution in [3.05, 3.63) is 82.6 Å². The highest BCUT2D eigenvalue weighted by atomic mass is 32.1. The molecule has 0 fully saturated rings. The van der Waals surface area contributed by atoms with Gasteiger partial charge in [0.15, 0.2) is 5.69 Å². The third-order valence-corrected chi connectivity index (χ3v) is 6.57. The van der Waals surface area contributed by atoms with Gasteiger partial charge in [-0.3, -0.25) is 20.4 Å². The zero-order valence-corrected chi connectivity index (χ0v) is 20.7. The fourth-order valence-corrected chi connectivity index (χ4v) is 4.57. The number of carbonyl (C=O) groups is 2. The molecular formula is C27H28N4O3S. The van der Waals surface area contributed by atoms with E-state index in [0.29, 0.717) is 22.6 Å². The van der Waals surface area contributed by atoms with Crippen LogP contribution in [0.5, 0.6) is 0 Å². The van der Waals surface area contributed by atoms with E-state index in [1.54, 1.807) is 19.1 Å². The maximum absolute atomic E-state index is 12.8. The van der Waals surface area contributed by atoms with Crippen molar-refractivity contribution in [2.75, 3.05) is 0 Å². The molecular weight excluding hydrogens is 460 g/mol. The number of aromatic nitrogens is 2. The number of hydrogen-bond acceptors (Lipinski definition) is 6. The van der Waals surface area contributed by atoms with Crippen LogP contribution in [0.2, 0.25) is 0 Å². The van der Waals surface area contributed by atoms with Crippen molar-refractivity contribution < 1.29 is 14.1 Å². The molecule has 0 bridgehead atoms. The quantitative estimate of drug-likeness (QED) is 0.223. The number of nitrogens with one attached hydrogen (secondary N) is 2. The summed E-state index contributed by atoms with van der Waals surface area (Å²) in [7, 11) is 0. The highest BCUT2D eigenvalue weighted by Crippen LogP contribution is 2.32. The van der Waals surface area contributed by atoms with E-state index in [4.69, 9.17) is 4.52 Å². The normalized spacial score (nSPS) is 10.8. The van der Waals surface area contributed by atoms with E-state index in [-0.39, 0.29) is 5.69 Å². The van der Waals surface area contributed by atoms with Gasteiger partial charge in [-0.25, -0.2) is 4.98 Å². The molecule has 0 aliphatic rings. The van der Waals surface area contributed by atoms with Gasteiger partial charge in [0.25, 0.3) is 11.8 Å². The molecule has 2 N–H and O–H groups in total. The molecule has 180 valence electrons. The van der Waals surface area contributed by atoms with Crippen LogP contribution in [0.1, 0.15) is 64.8 Å². The second kappa shape index (κ2) is 11.6. The summed E-state index contributed by atoms with van der Waals surface area (Å²) in [5, 5.41) is 6.59. The Hall–Kier alpha value is -3.78. The molecule has 0 atom stereocenters. The monoisotopic (exact) mass is 488 g/mol. The molecule has 0 spiro atoms. The lowest BCUT2D eigenvalue weighted by Gasteiger charge is -2.07. The fraction of sp³-hybridized carbons (Fsp3) is 0.259. The van der Waals surface area contributed by atoms with Crippen LogP contribution < -0.4 is 10.9 Å². The summed E-state index contributed by atoms with van der Waals surface area (Å²) in [6.45, 7) is 3.92. The summed E-state index contributed by atoms with van der Waals surface area (Å²) >= 11 is 1.47. The Balaban J connectivity index is 1.39. The lowest BCUT2D eigenvalue weighted by atomic mass is 10.0. The summed E-state index contributed by atoms with van der Waals surface area (Å²) in [4.78, 5) is 30.0. The Kier molecular flexibility index (Phi) is 8.05. The summed E-state index contributed by atoms with van der Waals surface area (Å²) < 4.78 is 5.28. The van der Waals surface area contributed by atoms with E-state index in [2.05, 4.69) is 27.9 Å². The smallest absolute Gasteiger partial charge is 0.292 e. The van der Waals surface area contributed by atoms with E-state index in [0.717, 1.165) is 23.4 Å². The highest BCUT2D eigenvalue weighted by molar-refractivity contribution is 7.13. The number of rotatable bonds is 9. The maximum atomic E-state index is 12.8. The van der Waals surface area contributed by atoms with Crippen molar-refractivity contribution in [1.29, 1.82) is 0 Å². The van der Waals surface area contributed by atoms with Crippen LogP contribution in [-0.4, -0.2) is 22.0 Å². The van der Waals surface area contributed by atoms with Crippen molar-refractivity contribution in [1.82, 2.24) is 21.0 Å². The van der Waals surface area contributed by atoms with Gasteiger partial charge in [-0.05, 0) is 37.5 Å². The Labute approximate surface area is 208 Å². The first-order chi connectivity index (χ1) is 17.1. The SMILES string of the molecule is CCCCCCc1ccc(C(=O)NNC(=O)c2noc(C)c2-c2csc(-c3ccccc3)n2)cc1. The van der Waals surface area contributed by atoms with Gasteiger partial charge in [-0.1, -0.05) is 73.8 Å². The first kappa shape index (κ1) is 24.3. The zero-order valence-electron chi connectivity index (χ0n) is 19.8. The molecule has 2 amide bonds. The first-order valence-electron chi connectivity index (χ1n) is 11.7. The number of carbonyl (C=O) groups excluding carboxylic acids is 2. The molecule has 8 heteroatoms. The molecule has 0 aliphatic heterocycles. The van der Waals surface area contributed by atoms with Gasteiger partial charge in [0.2, 0.25) is 0 Å². The minimum absolute atomic E-state index is 0.0649. The first-order valence-corrected chi connectivity index (χ1v) is 12.6. The molecule has 4 aromatic rings. The number of hydrogen-bond donors (Lipinski definition) is 2. The molecule has 4 rings (SSSR count). The minimum atomic E-state index is -0.577.